The molecule has 66 heavy (non-hydrogen) atoms. The molecule has 0 aromatic heterocycles. The molecule has 4 aromatic rings. The van der Waals surface area contributed by atoms with Gasteiger partial charge in [0.05, 0.1) is 44.7 Å². The van der Waals surface area contributed by atoms with Crippen molar-refractivity contribution in [2.75, 3.05) is 13.2 Å². The van der Waals surface area contributed by atoms with E-state index in [0.29, 0.717) is 44.9 Å². The van der Waals surface area contributed by atoms with Gasteiger partial charge in [-0.1, -0.05) is 135 Å². The molecule has 350 valence electrons. The Balaban J connectivity index is 0.909. The molecular weight excluding hydrogens is 829 g/mol. The first-order valence-corrected chi connectivity index (χ1v) is 24.7. The van der Waals surface area contributed by atoms with E-state index in [1.165, 1.54) is 0 Å². The Morgan fingerprint density at radius 2 is 1.20 bits per heavy atom. The van der Waals surface area contributed by atoms with Crippen LogP contribution in [0.1, 0.15) is 93.9 Å². The zero-order valence-electron chi connectivity index (χ0n) is 38.7. The topological polar surface area (TPSA) is 102 Å². The molecule has 1 saturated heterocycles. The molecule has 10 rings (SSSR count). The number of fused-ring (bicyclic) bond motifs is 5. The Morgan fingerprint density at radius 1 is 0.621 bits per heavy atom. The quantitative estimate of drug-likeness (QED) is 0.0870. The lowest BCUT2D eigenvalue weighted by molar-refractivity contribution is -0.340. The van der Waals surface area contributed by atoms with Crippen LogP contribution in [0.3, 0.4) is 0 Å². The largest absolute Gasteiger partial charge is 0.458 e. The highest BCUT2D eigenvalue weighted by molar-refractivity contribution is 5.85. The van der Waals surface area contributed by atoms with Gasteiger partial charge in [-0.15, -0.1) is 0 Å². The fourth-order valence-corrected chi connectivity index (χ4v) is 13.5. The van der Waals surface area contributed by atoms with Crippen LogP contribution in [-0.4, -0.2) is 66.7 Å². The van der Waals surface area contributed by atoms with E-state index in [-0.39, 0.29) is 41.3 Å². The second kappa shape index (κ2) is 19.8. The number of carbonyl (C=O) groups is 1. The molecule has 4 aliphatic carbocycles. The molecule has 0 amide bonds. The smallest absolute Gasteiger partial charge is 0.331 e. The highest BCUT2D eigenvalue weighted by Gasteiger charge is 2.68. The van der Waals surface area contributed by atoms with E-state index in [1.54, 1.807) is 6.08 Å². The molecule has 0 spiro atoms. The molecule has 5 fully saturated rings. The molecular formula is C57H68O9. The van der Waals surface area contributed by atoms with Gasteiger partial charge in [-0.2, -0.15) is 0 Å². The Morgan fingerprint density at radius 3 is 1.79 bits per heavy atom. The van der Waals surface area contributed by atoms with Gasteiger partial charge < -0.3 is 38.3 Å². The third kappa shape index (κ3) is 9.22. The Labute approximate surface area is 391 Å². The van der Waals surface area contributed by atoms with Crippen molar-refractivity contribution in [3.63, 3.8) is 0 Å². The Hall–Kier alpha value is -4.19. The van der Waals surface area contributed by atoms with E-state index in [4.69, 9.17) is 33.2 Å². The van der Waals surface area contributed by atoms with Crippen molar-refractivity contribution in [1.82, 2.24) is 0 Å². The highest BCUT2D eigenvalue weighted by Crippen LogP contribution is 2.70. The average molecular weight is 897 g/mol. The van der Waals surface area contributed by atoms with E-state index < -0.39 is 36.3 Å². The molecule has 0 unspecified atom stereocenters. The van der Waals surface area contributed by atoms with Gasteiger partial charge in [0.2, 0.25) is 0 Å². The minimum atomic E-state index is -0.751. The van der Waals surface area contributed by atoms with Crippen LogP contribution in [0.5, 0.6) is 0 Å². The van der Waals surface area contributed by atoms with Crippen molar-refractivity contribution in [2.45, 2.75) is 140 Å². The second-order valence-electron chi connectivity index (χ2n) is 20.7. The van der Waals surface area contributed by atoms with Crippen LogP contribution in [-0.2, 0) is 64.4 Å². The summed E-state index contributed by atoms with van der Waals surface area (Å²) < 4.78 is 47.2. The second-order valence-corrected chi connectivity index (χ2v) is 20.7. The van der Waals surface area contributed by atoms with Crippen LogP contribution in [0.25, 0.3) is 0 Å². The van der Waals surface area contributed by atoms with E-state index in [9.17, 15) is 9.90 Å². The predicted octanol–water partition coefficient (Wildman–Crippen LogP) is 10.3. The summed E-state index contributed by atoms with van der Waals surface area (Å²) >= 11 is 0. The third-order valence-electron chi connectivity index (χ3n) is 17.1. The molecule has 4 aromatic carbocycles. The third-order valence-corrected chi connectivity index (χ3v) is 17.1. The van der Waals surface area contributed by atoms with E-state index in [2.05, 4.69) is 62.4 Å². The summed E-state index contributed by atoms with van der Waals surface area (Å²) in [4.78, 5) is 12.1. The summed E-state index contributed by atoms with van der Waals surface area (Å²) in [6.07, 6.45) is 7.36. The SMILES string of the molecule is C[C@]12CC[C@H](O[C@@H]3O[C@@H](COCc4ccccc4)[C@H](OCc4ccccc4)[C@@H](OCc4ccccc4)[C@@H]3OCc3ccccc3)C[C@H]1CC[C@@H]1[C@@H]2CC[C@]2(C)[C@@H](C3=CC(=O)OC3)CC[C@]12O. The number of cyclic esters (lactones) is 1. The van der Waals surface area contributed by atoms with Crippen molar-refractivity contribution in [3.05, 3.63) is 155 Å². The maximum atomic E-state index is 12.9. The van der Waals surface area contributed by atoms with Gasteiger partial charge >= 0.3 is 5.97 Å². The first-order valence-electron chi connectivity index (χ1n) is 24.7. The number of carbonyl (C=O) groups excluding carboxylic acids is 1. The summed E-state index contributed by atoms with van der Waals surface area (Å²) in [6.45, 7) is 7.01. The van der Waals surface area contributed by atoms with Crippen molar-refractivity contribution < 1.29 is 43.1 Å². The maximum Gasteiger partial charge on any atom is 0.331 e. The van der Waals surface area contributed by atoms with Crippen molar-refractivity contribution >= 4 is 5.97 Å². The van der Waals surface area contributed by atoms with Gasteiger partial charge in [-0.25, -0.2) is 4.79 Å². The zero-order valence-corrected chi connectivity index (χ0v) is 38.7. The summed E-state index contributed by atoms with van der Waals surface area (Å²) in [5, 5.41) is 12.9. The summed E-state index contributed by atoms with van der Waals surface area (Å²) in [5.41, 5.74) is 4.42. The molecule has 9 nitrogen and oxygen atoms in total. The summed E-state index contributed by atoms with van der Waals surface area (Å²) in [7, 11) is 0. The molecule has 1 N–H and O–H groups in total. The number of esters is 1. The minimum absolute atomic E-state index is 0.0467. The zero-order chi connectivity index (χ0) is 45.1. The van der Waals surface area contributed by atoms with Gasteiger partial charge in [0.1, 0.15) is 31.0 Å². The fraction of sp³-hybridized carbons (Fsp3) is 0.526. The Kier molecular flexibility index (Phi) is 13.7. The first-order chi connectivity index (χ1) is 32.2. The minimum Gasteiger partial charge on any atom is -0.458 e. The lowest BCUT2D eigenvalue weighted by atomic mass is 9.43. The van der Waals surface area contributed by atoms with Crippen LogP contribution in [0, 0.1) is 34.5 Å². The van der Waals surface area contributed by atoms with Gasteiger partial charge in [-0.05, 0) is 115 Å². The highest BCUT2D eigenvalue weighted by atomic mass is 16.7. The van der Waals surface area contributed by atoms with Gasteiger partial charge in [0, 0.05) is 11.5 Å². The van der Waals surface area contributed by atoms with Crippen molar-refractivity contribution in [1.29, 1.82) is 0 Å². The van der Waals surface area contributed by atoms with Crippen LogP contribution >= 0.6 is 0 Å². The maximum absolute atomic E-state index is 12.9. The van der Waals surface area contributed by atoms with Gasteiger partial charge in [-0.3, -0.25) is 0 Å². The number of ether oxygens (including phenoxy) is 7. The molecule has 6 aliphatic rings. The standard InChI is InChI=1S/C57H68O9/c1-55-28-25-45(32-44(55)23-24-48-47(55)26-29-56(2)46(27-30-57(48,56)59)43-31-50(58)61-37-43)65-54-53(64-36-42-21-13-6-14-22-42)52(63-35-41-19-11-5-12-20-41)51(62-34-40-17-9-4-10-18-40)49(66-54)38-60-33-39-15-7-3-8-16-39/h3-22,31,44-49,51-54,59H,23-30,32-38H2,1-2H3/t44-,45+,46-,47+,48-,49+,51+,52-,53+,54-,55+,56-,57+/m1/s1. The first kappa shape index (κ1) is 45.6. The fourth-order valence-electron chi connectivity index (χ4n) is 13.5. The van der Waals surface area contributed by atoms with E-state index in [0.717, 1.165) is 85.6 Å². The Bertz CT molecular complexity index is 2240. The van der Waals surface area contributed by atoms with Crippen LogP contribution in [0.15, 0.2) is 133 Å². The van der Waals surface area contributed by atoms with Gasteiger partial charge in [0.15, 0.2) is 6.29 Å². The number of benzene rings is 4. The number of hydrogen-bond acceptors (Lipinski definition) is 9. The summed E-state index contributed by atoms with van der Waals surface area (Å²) in [6, 6.07) is 41.0. The predicted molar refractivity (Wildman–Crippen MR) is 250 cm³/mol. The monoisotopic (exact) mass is 896 g/mol. The summed E-state index contributed by atoms with van der Waals surface area (Å²) in [5.74, 6) is 1.07. The number of rotatable bonds is 16. The lowest BCUT2D eigenvalue weighted by Crippen LogP contribution is -2.63. The normalized spacial score (nSPS) is 36.2. The van der Waals surface area contributed by atoms with Crippen molar-refractivity contribution in [2.24, 2.45) is 34.5 Å². The lowest BCUT2D eigenvalue weighted by Gasteiger charge is -2.64. The average Bonchev–Trinajstić information content (AvgIpc) is 3.90. The number of hydrogen-bond donors (Lipinski definition) is 1. The molecule has 13 atom stereocenters. The van der Waals surface area contributed by atoms with Crippen LogP contribution < -0.4 is 0 Å². The van der Waals surface area contributed by atoms with E-state index >= 15 is 0 Å². The molecule has 2 aliphatic heterocycles. The molecule has 9 heteroatoms. The van der Waals surface area contributed by atoms with Crippen LogP contribution in [0.4, 0.5) is 0 Å². The number of aliphatic hydroxyl groups is 1. The van der Waals surface area contributed by atoms with Crippen molar-refractivity contribution in [3.8, 4) is 0 Å². The van der Waals surface area contributed by atoms with Gasteiger partial charge in [0.25, 0.3) is 0 Å². The van der Waals surface area contributed by atoms with Crippen LogP contribution in [0.2, 0.25) is 0 Å². The van der Waals surface area contributed by atoms with E-state index in [1.807, 2.05) is 72.8 Å². The molecule has 0 bridgehead atoms. The molecule has 0 radical (unpaired) electrons. The molecule has 2 heterocycles. The molecule has 4 saturated carbocycles.